The third-order valence-electron chi connectivity index (χ3n) is 4.98. The maximum absolute atomic E-state index is 12.7. The zero-order chi connectivity index (χ0) is 23.2. The van der Waals surface area contributed by atoms with Gasteiger partial charge in [-0.3, -0.25) is 9.59 Å². The third kappa shape index (κ3) is 5.07. The topological polar surface area (TPSA) is 119 Å². The summed E-state index contributed by atoms with van der Waals surface area (Å²) in [5, 5.41) is 6.89. The first-order valence-corrected chi connectivity index (χ1v) is 10.5. The second-order valence-electron chi connectivity index (χ2n) is 7.26. The number of benzene rings is 3. The highest BCUT2D eigenvalue weighted by molar-refractivity contribution is 6.07. The van der Waals surface area contributed by atoms with Gasteiger partial charge in [-0.15, -0.1) is 0 Å². The Kier molecular flexibility index (Phi) is 6.45. The van der Waals surface area contributed by atoms with Crippen LogP contribution in [0.1, 0.15) is 33.2 Å². The molecule has 4 rings (SSSR count). The van der Waals surface area contributed by atoms with Crippen molar-refractivity contribution in [3.8, 4) is 5.75 Å². The van der Waals surface area contributed by atoms with Crippen molar-refractivity contribution < 1.29 is 14.3 Å². The van der Waals surface area contributed by atoms with Crippen molar-refractivity contribution in [1.82, 2.24) is 9.97 Å². The van der Waals surface area contributed by atoms with E-state index >= 15 is 0 Å². The van der Waals surface area contributed by atoms with E-state index in [0.29, 0.717) is 52.4 Å². The Morgan fingerprint density at radius 2 is 1.82 bits per heavy atom. The van der Waals surface area contributed by atoms with Crippen LogP contribution >= 0.6 is 0 Å². The highest BCUT2D eigenvalue weighted by atomic mass is 16.5. The molecule has 0 aliphatic carbocycles. The van der Waals surface area contributed by atoms with Gasteiger partial charge in [0.05, 0.1) is 17.7 Å². The van der Waals surface area contributed by atoms with E-state index in [-0.39, 0.29) is 5.91 Å². The second kappa shape index (κ2) is 9.78. The number of carbonyl (C=O) groups is 2. The zero-order valence-corrected chi connectivity index (χ0v) is 18.0. The van der Waals surface area contributed by atoms with Crippen LogP contribution < -0.4 is 21.1 Å². The number of aromatic nitrogens is 2. The first kappa shape index (κ1) is 21.8. The van der Waals surface area contributed by atoms with Crippen LogP contribution in [-0.2, 0) is 6.54 Å². The Hall–Kier alpha value is -4.46. The minimum absolute atomic E-state index is 0.220. The van der Waals surface area contributed by atoms with E-state index in [1.54, 1.807) is 30.3 Å². The summed E-state index contributed by atoms with van der Waals surface area (Å²) in [4.78, 5) is 32.8. The molecule has 0 radical (unpaired) electrons. The molecule has 3 aromatic carbocycles. The van der Waals surface area contributed by atoms with E-state index < -0.39 is 5.91 Å². The fourth-order valence-electron chi connectivity index (χ4n) is 3.47. The number of primary amides is 1. The highest BCUT2D eigenvalue weighted by Crippen LogP contribution is 2.23. The van der Waals surface area contributed by atoms with Crippen LogP contribution in [-0.4, -0.2) is 28.4 Å². The SMILES string of the molecule is CCOc1cccc(C(=O)Nc2cccc(CNc3ncnc4c(C(N)=O)cccc34)c2)c1. The van der Waals surface area contributed by atoms with E-state index in [0.717, 1.165) is 5.56 Å². The number of fused-ring (bicyclic) bond motifs is 1. The van der Waals surface area contributed by atoms with Crippen molar-refractivity contribution in [3.05, 3.63) is 89.7 Å². The lowest BCUT2D eigenvalue weighted by Crippen LogP contribution is -2.13. The lowest BCUT2D eigenvalue weighted by atomic mass is 10.1. The number of carbonyl (C=O) groups excluding carboxylic acids is 2. The van der Waals surface area contributed by atoms with Crippen LogP contribution in [0.3, 0.4) is 0 Å². The van der Waals surface area contributed by atoms with Gasteiger partial charge in [-0.1, -0.05) is 24.3 Å². The molecule has 0 spiro atoms. The number of rotatable bonds is 8. The average Bonchev–Trinajstić information content (AvgIpc) is 2.83. The predicted octanol–water partition coefficient (Wildman–Crippen LogP) is 3.99. The number of nitrogens with two attached hydrogens (primary N) is 1. The van der Waals surface area contributed by atoms with Gasteiger partial charge in [-0.25, -0.2) is 9.97 Å². The van der Waals surface area contributed by atoms with Crippen LogP contribution in [0, 0.1) is 0 Å². The lowest BCUT2D eigenvalue weighted by Gasteiger charge is -2.11. The maximum Gasteiger partial charge on any atom is 0.255 e. The van der Waals surface area contributed by atoms with Gasteiger partial charge in [-0.2, -0.15) is 0 Å². The van der Waals surface area contributed by atoms with Gasteiger partial charge in [0.15, 0.2) is 0 Å². The number of anilines is 2. The number of hydrogen-bond acceptors (Lipinski definition) is 6. The smallest absolute Gasteiger partial charge is 0.255 e. The van der Waals surface area contributed by atoms with Gasteiger partial charge in [0.2, 0.25) is 0 Å². The number of amides is 2. The number of para-hydroxylation sites is 1. The number of ether oxygens (including phenoxy) is 1. The summed E-state index contributed by atoms with van der Waals surface area (Å²) in [7, 11) is 0. The first-order valence-electron chi connectivity index (χ1n) is 10.5. The van der Waals surface area contributed by atoms with Crippen molar-refractivity contribution in [1.29, 1.82) is 0 Å². The summed E-state index contributed by atoms with van der Waals surface area (Å²) in [6.45, 7) is 2.88. The molecule has 0 saturated carbocycles. The molecule has 0 bridgehead atoms. The summed E-state index contributed by atoms with van der Waals surface area (Å²) < 4.78 is 5.47. The second-order valence-corrected chi connectivity index (χ2v) is 7.26. The molecule has 0 fully saturated rings. The molecule has 4 aromatic rings. The van der Waals surface area contributed by atoms with Crippen LogP contribution in [0.5, 0.6) is 5.75 Å². The molecular weight excluding hydrogens is 418 g/mol. The molecule has 0 unspecified atom stereocenters. The fourth-order valence-corrected chi connectivity index (χ4v) is 3.47. The van der Waals surface area contributed by atoms with Crippen LogP contribution in [0.15, 0.2) is 73.1 Å². The molecule has 1 heterocycles. The first-order chi connectivity index (χ1) is 16.0. The Bertz CT molecular complexity index is 1320. The minimum Gasteiger partial charge on any atom is -0.494 e. The van der Waals surface area contributed by atoms with Gasteiger partial charge < -0.3 is 21.1 Å². The molecule has 0 aliphatic rings. The van der Waals surface area contributed by atoms with Gasteiger partial charge in [0.1, 0.15) is 17.9 Å². The molecule has 4 N–H and O–H groups in total. The molecule has 166 valence electrons. The summed E-state index contributed by atoms with van der Waals surface area (Å²) in [6.07, 6.45) is 1.39. The number of nitrogens with one attached hydrogen (secondary N) is 2. The monoisotopic (exact) mass is 441 g/mol. The Morgan fingerprint density at radius 3 is 2.64 bits per heavy atom. The quantitative estimate of drug-likeness (QED) is 0.380. The van der Waals surface area contributed by atoms with E-state index in [1.807, 2.05) is 43.3 Å². The Morgan fingerprint density at radius 1 is 1.00 bits per heavy atom. The van der Waals surface area contributed by atoms with Gasteiger partial charge in [0.25, 0.3) is 11.8 Å². The molecule has 0 aliphatic heterocycles. The normalized spacial score (nSPS) is 10.6. The summed E-state index contributed by atoms with van der Waals surface area (Å²) in [5.41, 5.74) is 8.42. The molecule has 0 atom stereocenters. The molecule has 2 amide bonds. The van der Waals surface area contributed by atoms with Gasteiger partial charge in [0, 0.05) is 23.2 Å². The van der Waals surface area contributed by atoms with E-state index in [2.05, 4.69) is 20.6 Å². The van der Waals surface area contributed by atoms with Gasteiger partial charge >= 0.3 is 0 Å². The highest BCUT2D eigenvalue weighted by Gasteiger charge is 2.11. The van der Waals surface area contributed by atoms with Crippen molar-refractivity contribution in [2.45, 2.75) is 13.5 Å². The van der Waals surface area contributed by atoms with Crippen molar-refractivity contribution in [2.24, 2.45) is 5.73 Å². The minimum atomic E-state index is -0.541. The lowest BCUT2D eigenvalue weighted by molar-refractivity contribution is 0.0998. The predicted molar refractivity (Wildman–Crippen MR) is 127 cm³/mol. The molecule has 8 heteroatoms. The molecular formula is C25H23N5O3. The fraction of sp³-hybridized carbons (Fsp3) is 0.120. The van der Waals surface area contributed by atoms with E-state index in [9.17, 15) is 9.59 Å². The summed E-state index contributed by atoms with van der Waals surface area (Å²) in [6, 6.07) is 19.8. The molecule has 0 saturated heterocycles. The van der Waals surface area contributed by atoms with Crippen LogP contribution in [0.2, 0.25) is 0 Å². The van der Waals surface area contributed by atoms with Crippen molar-refractivity contribution in [3.63, 3.8) is 0 Å². The van der Waals surface area contributed by atoms with Crippen LogP contribution in [0.25, 0.3) is 10.9 Å². The van der Waals surface area contributed by atoms with Crippen molar-refractivity contribution >= 4 is 34.2 Å². The molecule has 1 aromatic heterocycles. The molecule has 33 heavy (non-hydrogen) atoms. The molecule has 8 nitrogen and oxygen atoms in total. The number of hydrogen-bond donors (Lipinski definition) is 3. The third-order valence-corrected chi connectivity index (χ3v) is 4.98. The van der Waals surface area contributed by atoms with E-state index in [1.165, 1.54) is 6.33 Å². The largest absolute Gasteiger partial charge is 0.494 e. The van der Waals surface area contributed by atoms with Crippen LogP contribution in [0.4, 0.5) is 11.5 Å². The Labute approximate surface area is 190 Å². The summed E-state index contributed by atoms with van der Waals surface area (Å²) >= 11 is 0. The Balaban J connectivity index is 1.48. The summed E-state index contributed by atoms with van der Waals surface area (Å²) in [5.74, 6) is 0.480. The van der Waals surface area contributed by atoms with Crippen molar-refractivity contribution in [2.75, 3.05) is 17.2 Å². The maximum atomic E-state index is 12.7. The standard InChI is InChI=1S/C25H23N5O3/c1-2-33-19-9-4-7-17(13-19)25(32)30-18-8-3-6-16(12-18)14-27-24-21-11-5-10-20(23(26)31)22(21)28-15-29-24/h3-13,15H,2,14H2,1H3,(H2,26,31)(H,30,32)(H,27,28,29). The zero-order valence-electron chi connectivity index (χ0n) is 18.0. The van der Waals surface area contributed by atoms with E-state index in [4.69, 9.17) is 10.5 Å². The average molecular weight is 441 g/mol. The number of nitrogens with zero attached hydrogens (tertiary/aromatic N) is 2. The van der Waals surface area contributed by atoms with Gasteiger partial charge in [-0.05, 0) is 55.0 Å².